The third-order valence-corrected chi connectivity index (χ3v) is 6.55. The molecular formula is C27H23N3O4. The van der Waals surface area contributed by atoms with Crippen LogP contribution >= 0.6 is 0 Å². The Morgan fingerprint density at radius 1 is 0.853 bits per heavy atom. The highest BCUT2D eigenvalue weighted by Crippen LogP contribution is 2.37. The highest BCUT2D eigenvalue weighted by Gasteiger charge is 2.22. The van der Waals surface area contributed by atoms with Crippen molar-refractivity contribution >= 4 is 44.0 Å². The summed E-state index contributed by atoms with van der Waals surface area (Å²) in [6.45, 7) is 8.29. The summed E-state index contributed by atoms with van der Waals surface area (Å²) >= 11 is 0. The van der Waals surface area contributed by atoms with Crippen LogP contribution in [0.4, 0.5) is 0 Å². The first-order valence-corrected chi connectivity index (χ1v) is 11.4. The smallest absolute Gasteiger partial charge is 0.344 e. The largest absolute Gasteiger partial charge is 0.422 e. The molecule has 1 aliphatic heterocycles. The van der Waals surface area contributed by atoms with Gasteiger partial charge in [0.25, 0.3) is 0 Å². The molecule has 7 heteroatoms. The van der Waals surface area contributed by atoms with Crippen LogP contribution in [0, 0.1) is 5.92 Å². The molecule has 0 bridgehead atoms. The van der Waals surface area contributed by atoms with Crippen molar-refractivity contribution in [3.63, 3.8) is 0 Å². The number of H-pyrrole nitrogens is 1. The molecule has 34 heavy (non-hydrogen) atoms. The minimum absolute atomic E-state index is 0.237. The van der Waals surface area contributed by atoms with Gasteiger partial charge < -0.3 is 13.8 Å². The van der Waals surface area contributed by atoms with E-state index in [9.17, 15) is 9.59 Å². The van der Waals surface area contributed by atoms with Crippen LogP contribution in [0.25, 0.3) is 49.5 Å². The molecule has 6 rings (SSSR count). The van der Waals surface area contributed by atoms with Gasteiger partial charge in [0.1, 0.15) is 17.0 Å². The van der Waals surface area contributed by atoms with Crippen LogP contribution in [0.1, 0.15) is 51.4 Å². The van der Waals surface area contributed by atoms with Crippen LogP contribution < -0.4 is 11.3 Å². The van der Waals surface area contributed by atoms with Gasteiger partial charge in [-0.25, -0.2) is 14.6 Å². The monoisotopic (exact) mass is 453 g/mol. The summed E-state index contributed by atoms with van der Waals surface area (Å²) in [5.41, 5.74) is 4.09. The van der Waals surface area contributed by atoms with Crippen LogP contribution in [-0.4, -0.2) is 15.7 Å². The molecule has 0 fully saturated rings. The number of hydrogen-bond donors (Lipinski definition) is 1. The molecule has 3 aromatic heterocycles. The first-order valence-electron chi connectivity index (χ1n) is 11.4. The number of allylic oxidation sites excluding steroid dienone is 1. The lowest BCUT2D eigenvalue weighted by molar-refractivity contribution is 0.557. The minimum atomic E-state index is -0.487. The van der Waals surface area contributed by atoms with Crippen molar-refractivity contribution < 1.29 is 8.83 Å². The van der Waals surface area contributed by atoms with E-state index in [-0.39, 0.29) is 5.92 Å². The maximum absolute atomic E-state index is 13.1. The van der Waals surface area contributed by atoms with Gasteiger partial charge in [0.2, 0.25) is 0 Å². The molecule has 7 nitrogen and oxygen atoms in total. The van der Waals surface area contributed by atoms with Crippen molar-refractivity contribution in [3.8, 4) is 11.3 Å². The highest BCUT2D eigenvalue weighted by molar-refractivity contribution is 6.20. The van der Waals surface area contributed by atoms with Gasteiger partial charge in [0.15, 0.2) is 0 Å². The Labute approximate surface area is 194 Å². The summed E-state index contributed by atoms with van der Waals surface area (Å²) in [7, 11) is 0. The fourth-order valence-corrected chi connectivity index (χ4v) is 4.64. The van der Waals surface area contributed by atoms with Crippen molar-refractivity contribution in [2.45, 2.75) is 40.0 Å². The van der Waals surface area contributed by atoms with E-state index in [1.807, 2.05) is 20.0 Å². The molecule has 1 N–H and O–H groups in total. The quantitative estimate of drug-likeness (QED) is 0.272. The summed E-state index contributed by atoms with van der Waals surface area (Å²) in [6, 6.07) is 7.18. The number of imidazole rings is 1. The Balaban J connectivity index is 1.58. The standard InChI is InChI=1S/C27H23N3O4/c1-12(2)19-7-16(10-28-19)14-5-17-23-18(6-14)27(32)34-22-9-15(8-21(24(22)23)33-26(17)31)20-11-29-25(30-20)13(3)4/h5-6,8-13H,7H2,1-4H3,(H,29,30). The molecular weight excluding hydrogens is 430 g/mol. The van der Waals surface area contributed by atoms with Crippen LogP contribution in [0.5, 0.6) is 0 Å². The van der Waals surface area contributed by atoms with Crippen molar-refractivity contribution in [1.82, 2.24) is 9.97 Å². The molecule has 0 saturated carbocycles. The number of benzene rings is 2. The summed E-state index contributed by atoms with van der Waals surface area (Å²) in [4.78, 5) is 38.4. The molecule has 0 atom stereocenters. The SMILES string of the molecule is CC(C)C1=NC=C(c2cc3c(=O)oc4cc(-c5cnc(C(C)C)[nH]5)cc5oc(=O)c(c2)c3c45)C1. The van der Waals surface area contributed by atoms with E-state index >= 15 is 0 Å². The average Bonchev–Trinajstić information content (AvgIpc) is 3.48. The van der Waals surface area contributed by atoms with Gasteiger partial charge >= 0.3 is 11.3 Å². The molecule has 170 valence electrons. The Kier molecular flexibility index (Phi) is 4.39. The number of nitrogens with zero attached hydrogens (tertiary/aromatic N) is 2. The van der Waals surface area contributed by atoms with Gasteiger partial charge in [-0.3, -0.25) is 4.99 Å². The maximum Gasteiger partial charge on any atom is 0.344 e. The highest BCUT2D eigenvalue weighted by atomic mass is 16.4. The van der Waals surface area contributed by atoms with E-state index in [0.717, 1.165) is 33.9 Å². The van der Waals surface area contributed by atoms with Gasteiger partial charge in [-0.1, -0.05) is 27.7 Å². The summed E-state index contributed by atoms with van der Waals surface area (Å²) < 4.78 is 11.5. The lowest BCUT2D eigenvalue weighted by Gasteiger charge is -2.12. The second-order valence-corrected chi connectivity index (χ2v) is 9.52. The number of rotatable bonds is 4. The summed E-state index contributed by atoms with van der Waals surface area (Å²) in [5.74, 6) is 1.41. The zero-order valence-electron chi connectivity index (χ0n) is 19.4. The molecule has 0 aliphatic carbocycles. The molecule has 0 saturated heterocycles. The molecule has 0 spiro atoms. The first-order chi connectivity index (χ1) is 16.3. The molecule has 5 aromatic rings. The average molecular weight is 453 g/mol. The molecule has 2 aromatic carbocycles. The van der Waals surface area contributed by atoms with Crippen LogP contribution in [0.2, 0.25) is 0 Å². The number of hydrogen-bond acceptors (Lipinski definition) is 6. The second kappa shape index (κ2) is 7.25. The van der Waals surface area contributed by atoms with E-state index in [2.05, 4.69) is 28.8 Å². The van der Waals surface area contributed by atoms with Crippen LogP contribution in [0.3, 0.4) is 0 Å². The second-order valence-electron chi connectivity index (χ2n) is 9.52. The summed E-state index contributed by atoms with van der Waals surface area (Å²) in [5, 5.41) is 1.94. The van der Waals surface area contributed by atoms with Gasteiger partial charge in [0.05, 0.1) is 28.0 Å². The minimum Gasteiger partial charge on any atom is -0.422 e. The molecule has 0 unspecified atom stereocenters. The zero-order valence-corrected chi connectivity index (χ0v) is 19.4. The van der Waals surface area contributed by atoms with Gasteiger partial charge in [-0.15, -0.1) is 0 Å². The fraction of sp³-hybridized carbons (Fsp3) is 0.259. The van der Waals surface area contributed by atoms with Gasteiger partial charge in [-0.05, 0) is 41.3 Å². The van der Waals surface area contributed by atoms with Crippen molar-refractivity contribution in [3.05, 3.63) is 68.9 Å². The van der Waals surface area contributed by atoms with E-state index in [0.29, 0.717) is 45.0 Å². The van der Waals surface area contributed by atoms with Crippen LogP contribution in [0.15, 0.2) is 60.1 Å². The number of nitrogens with one attached hydrogen (secondary N) is 1. The Bertz CT molecular complexity index is 1700. The molecule has 4 heterocycles. The lowest BCUT2D eigenvalue weighted by atomic mass is 9.93. The lowest BCUT2D eigenvalue weighted by Crippen LogP contribution is -2.08. The van der Waals surface area contributed by atoms with E-state index in [1.54, 1.807) is 30.5 Å². The number of aliphatic imine (C=N–C) groups is 1. The third kappa shape index (κ3) is 3.04. The van der Waals surface area contributed by atoms with E-state index in [4.69, 9.17) is 8.83 Å². The maximum atomic E-state index is 13.1. The topological polar surface area (TPSA) is 101 Å². The molecule has 1 aliphatic rings. The number of aromatic nitrogens is 2. The van der Waals surface area contributed by atoms with Crippen LogP contribution in [-0.2, 0) is 0 Å². The van der Waals surface area contributed by atoms with Crippen molar-refractivity contribution in [2.24, 2.45) is 10.9 Å². The Morgan fingerprint density at radius 3 is 2.03 bits per heavy atom. The molecule has 0 radical (unpaired) electrons. The first kappa shape index (κ1) is 20.6. The normalized spacial score (nSPS) is 14.3. The Hall–Kier alpha value is -4.00. The summed E-state index contributed by atoms with van der Waals surface area (Å²) in [6.07, 6.45) is 4.23. The fourth-order valence-electron chi connectivity index (χ4n) is 4.64. The van der Waals surface area contributed by atoms with E-state index in [1.165, 1.54) is 0 Å². The van der Waals surface area contributed by atoms with Crippen molar-refractivity contribution in [1.29, 1.82) is 0 Å². The van der Waals surface area contributed by atoms with Crippen molar-refractivity contribution in [2.75, 3.05) is 0 Å². The third-order valence-electron chi connectivity index (χ3n) is 6.55. The molecule has 0 amide bonds. The Morgan fingerprint density at radius 2 is 1.50 bits per heavy atom. The predicted octanol–water partition coefficient (Wildman–Crippen LogP) is 5.85. The zero-order chi connectivity index (χ0) is 23.7. The van der Waals surface area contributed by atoms with Gasteiger partial charge in [0, 0.05) is 35.2 Å². The number of aromatic amines is 1. The van der Waals surface area contributed by atoms with Gasteiger partial charge in [-0.2, -0.15) is 0 Å². The van der Waals surface area contributed by atoms with E-state index < -0.39 is 11.3 Å². The predicted molar refractivity (Wildman–Crippen MR) is 134 cm³/mol.